The molecule has 0 aliphatic heterocycles. The molecule has 0 N–H and O–H groups in total. The number of fused-ring (bicyclic) bond motifs is 5. The lowest BCUT2D eigenvalue weighted by atomic mass is 9.48. The highest BCUT2D eigenvalue weighted by atomic mass is 16.1. The molecule has 2 heteroatoms. The number of hydrogen-bond acceptors (Lipinski definition) is 2. The molecular formula is C22H28O2. The summed E-state index contributed by atoms with van der Waals surface area (Å²) in [5, 5.41) is 0. The zero-order valence-electron chi connectivity index (χ0n) is 14.9. The largest absolute Gasteiger partial charge is 0.298 e. The lowest BCUT2D eigenvalue weighted by molar-refractivity contribution is -0.133. The fourth-order valence-electron chi connectivity index (χ4n) is 7.14. The number of terminal acetylenes is 1. The average molecular weight is 324 g/mol. The van der Waals surface area contributed by atoms with E-state index >= 15 is 0 Å². The summed E-state index contributed by atoms with van der Waals surface area (Å²) < 4.78 is 0. The quantitative estimate of drug-likeness (QED) is 0.673. The van der Waals surface area contributed by atoms with Gasteiger partial charge in [0.1, 0.15) is 5.78 Å². The first-order chi connectivity index (χ1) is 11.4. The molecule has 24 heavy (non-hydrogen) atoms. The molecule has 3 saturated carbocycles. The monoisotopic (exact) mass is 324 g/mol. The summed E-state index contributed by atoms with van der Waals surface area (Å²) >= 11 is 0. The van der Waals surface area contributed by atoms with Gasteiger partial charge in [0.25, 0.3) is 0 Å². The first kappa shape index (κ1) is 16.1. The Labute approximate surface area is 145 Å². The van der Waals surface area contributed by atoms with Gasteiger partial charge in [-0.3, -0.25) is 9.59 Å². The van der Waals surface area contributed by atoms with Crippen LogP contribution in [-0.2, 0) is 9.59 Å². The molecule has 0 spiro atoms. The van der Waals surface area contributed by atoms with Crippen LogP contribution in [0.4, 0.5) is 0 Å². The highest BCUT2D eigenvalue weighted by Gasteiger charge is 2.64. The van der Waals surface area contributed by atoms with E-state index in [9.17, 15) is 9.59 Å². The third kappa shape index (κ3) is 1.91. The molecule has 0 radical (unpaired) electrons. The molecule has 0 aromatic rings. The van der Waals surface area contributed by atoms with Crippen molar-refractivity contribution in [1.82, 2.24) is 0 Å². The van der Waals surface area contributed by atoms with Crippen LogP contribution < -0.4 is 0 Å². The van der Waals surface area contributed by atoms with Crippen LogP contribution in [0.2, 0.25) is 0 Å². The van der Waals surface area contributed by atoms with E-state index in [0.29, 0.717) is 29.5 Å². The number of ketones is 2. The second kappa shape index (κ2) is 5.32. The molecule has 0 heterocycles. The highest BCUT2D eigenvalue weighted by molar-refractivity contribution is 5.91. The van der Waals surface area contributed by atoms with Crippen molar-refractivity contribution >= 4 is 11.6 Å². The Balaban J connectivity index is 1.68. The van der Waals surface area contributed by atoms with Gasteiger partial charge < -0.3 is 0 Å². The van der Waals surface area contributed by atoms with Gasteiger partial charge in [0.05, 0.1) is 5.41 Å². The molecule has 3 fully saturated rings. The fraction of sp³-hybridized carbons (Fsp3) is 0.727. The van der Waals surface area contributed by atoms with Crippen LogP contribution in [0, 0.1) is 46.8 Å². The van der Waals surface area contributed by atoms with Crippen molar-refractivity contribution < 1.29 is 9.59 Å². The second-order valence-corrected chi connectivity index (χ2v) is 8.90. The van der Waals surface area contributed by atoms with E-state index in [1.807, 2.05) is 6.08 Å². The van der Waals surface area contributed by atoms with Crippen molar-refractivity contribution in [1.29, 1.82) is 0 Å². The van der Waals surface area contributed by atoms with Crippen molar-refractivity contribution in [3.8, 4) is 12.3 Å². The van der Waals surface area contributed by atoms with Gasteiger partial charge in [-0.15, -0.1) is 6.42 Å². The van der Waals surface area contributed by atoms with Gasteiger partial charge in [-0.25, -0.2) is 0 Å². The number of rotatable bonds is 1. The van der Waals surface area contributed by atoms with Crippen LogP contribution >= 0.6 is 0 Å². The molecule has 0 bridgehead atoms. The van der Waals surface area contributed by atoms with Gasteiger partial charge in [0.15, 0.2) is 5.78 Å². The summed E-state index contributed by atoms with van der Waals surface area (Å²) in [4.78, 5) is 24.3. The molecule has 0 aromatic heterocycles. The smallest absolute Gasteiger partial charge is 0.155 e. The van der Waals surface area contributed by atoms with E-state index in [2.05, 4.69) is 12.8 Å². The average Bonchev–Trinajstić information content (AvgIpc) is 2.87. The summed E-state index contributed by atoms with van der Waals surface area (Å²) in [6.07, 6.45) is 16.1. The van der Waals surface area contributed by atoms with E-state index in [1.165, 1.54) is 18.4 Å². The molecule has 4 aliphatic rings. The van der Waals surface area contributed by atoms with Gasteiger partial charge >= 0.3 is 0 Å². The summed E-state index contributed by atoms with van der Waals surface area (Å²) in [5.74, 6) is 6.08. The molecule has 4 aliphatic carbocycles. The van der Waals surface area contributed by atoms with Gasteiger partial charge in [0.2, 0.25) is 0 Å². The van der Waals surface area contributed by atoms with Crippen molar-refractivity contribution in [2.45, 2.75) is 65.2 Å². The molecule has 4 rings (SSSR count). The SMILES string of the molecule is C#C[C@]1(C(C)=O)CC[C@H]2[C@@H]3CCC4=CC(=O)CC[C@@H]4[C@H]3CC[C@@]21C. The van der Waals surface area contributed by atoms with E-state index in [0.717, 1.165) is 38.5 Å². The van der Waals surface area contributed by atoms with Gasteiger partial charge in [-0.1, -0.05) is 18.4 Å². The lowest BCUT2D eigenvalue weighted by Crippen LogP contribution is -2.51. The van der Waals surface area contributed by atoms with Crippen molar-refractivity contribution in [3.05, 3.63) is 11.6 Å². The Hall–Kier alpha value is -1.36. The van der Waals surface area contributed by atoms with Crippen LogP contribution in [0.5, 0.6) is 0 Å². The number of carbonyl (C=O) groups excluding carboxylic acids is 2. The fourth-order valence-corrected chi connectivity index (χ4v) is 7.14. The Morgan fingerprint density at radius 3 is 2.67 bits per heavy atom. The first-order valence-electron chi connectivity index (χ1n) is 9.65. The summed E-state index contributed by atoms with van der Waals surface area (Å²) in [6.45, 7) is 4.01. The lowest BCUT2D eigenvalue weighted by Gasteiger charge is -2.55. The molecule has 128 valence electrons. The number of carbonyl (C=O) groups is 2. The standard InChI is InChI=1S/C22H28O2/c1-4-22(14(2)23)12-10-20-19-7-5-15-13-16(24)6-8-17(15)18(19)9-11-21(20,22)3/h1,13,17-20H,5-12H2,2-3H3/t17-,18+,19+,20-,21-,22+/m0/s1. The van der Waals surface area contributed by atoms with Crippen LogP contribution in [0.1, 0.15) is 65.2 Å². The minimum Gasteiger partial charge on any atom is -0.298 e. The van der Waals surface area contributed by atoms with Crippen LogP contribution in [-0.4, -0.2) is 11.6 Å². The third-order valence-corrected chi connectivity index (χ3v) is 8.34. The molecular weight excluding hydrogens is 296 g/mol. The van der Waals surface area contributed by atoms with Gasteiger partial charge in [-0.2, -0.15) is 0 Å². The Kier molecular flexibility index (Phi) is 3.57. The highest BCUT2D eigenvalue weighted by Crippen LogP contribution is 2.67. The maximum absolute atomic E-state index is 12.5. The topological polar surface area (TPSA) is 34.1 Å². The van der Waals surface area contributed by atoms with E-state index in [4.69, 9.17) is 6.42 Å². The summed E-state index contributed by atoms with van der Waals surface area (Å²) in [6, 6.07) is 0. The summed E-state index contributed by atoms with van der Waals surface area (Å²) in [7, 11) is 0. The third-order valence-electron chi connectivity index (χ3n) is 8.34. The van der Waals surface area contributed by atoms with Crippen LogP contribution in [0.25, 0.3) is 0 Å². The minimum atomic E-state index is -0.540. The first-order valence-corrected chi connectivity index (χ1v) is 9.65. The van der Waals surface area contributed by atoms with Gasteiger partial charge in [0, 0.05) is 6.42 Å². The van der Waals surface area contributed by atoms with Gasteiger partial charge in [-0.05, 0) is 87.0 Å². The van der Waals surface area contributed by atoms with E-state index in [1.54, 1.807) is 6.92 Å². The van der Waals surface area contributed by atoms with Crippen LogP contribution in [0.3, 0.4) is 0 Å². The number of Topliss-reactive ketones (excluding diaryl/α,β-unsaturated/α-hetero) is 1. The maximum Gasteiger partial charge on any atom is 0.155 e. The number of allylic oxidation sites excluding steroid dienone is 1. The van der Waals surface area contributed by atoms with Crippen molar-refractivity contribution in [3.63, 3.8) is 0 Å². The van der Waals surface area contributed by atoms with Crippen molar-refractivity contribution in [2.75, 3.05) is 0 Å². The molecule has 2 nitrogen and oxygen atoms in total. The van der Waals surface area contributed by atoms with Crippen molar-refractivity contribution in [2.24, 2.45) is 34.5 Å². The Morgan fingerprint density at radius 2 is 1.96 bits per heavy atom. The predicted octanol–water partition coefficient (Wildman–Crippen LogP) is 4.34. The summed E-state index contributed by atoms with van der Waals surface area (Å²) in [5.41, 5.74) is 0.853. The zero-order chi connectivity index (χ0) is 17.1. The normalized spacial score (nSPS) is 47.0. The molecule has 0 saturated heterocycles. The van der Waals surface area contributed by atoms with E-state index < -0.39 is 5.41 Å². The molecule has 0 unspecified atom stereocenters. The molecule has 6 atom stereocenters. The van der Waals surface area contributed by atoms with E-state index in [-0.39, 0.29) is 11.2 Å². The Bertz CT molecular complexity index is 666. The predicted molar refractivity (Wildman–Crippen MR) is 94.0 cm³/mol. The maximum atomic E-state index is 12.5. The zero-order valence-corrected chi connectivity index (χ0v) is 14.9. The minimum absolute atomic E-state index is 0.0273. The Morgan fingerprint density at radius 1 is 1.17 bits per heavy atom. The molecule has 0 aromatic carbocycles. The number of hydrogen-bond donors (Lipinski definition) is 0. The molecule has 0 amide bonds. The van der Waals surface area contributed by atoms with Crippen LogP contribution in [0.15, 0.2) is 11.6 Å². The second-order valence-electron chi connectivity index (χ2n) is 8.90.